The van der Waals surface area contributed by atoms with Crippen LogP contribution in [0.3, 0.4) is 0 Å². The number of hydroxylamine groups is 2. The summed E-state index contributed by atoms with van der Waals surface area (Å²) in [6, 6.07) is 14.7. The van der Waals surface area contributed by atoms with Gasteiger partial charge in [0.25, 0.3) is 0 Å². The van der Waals surface area contributed by atoms with Crippen LogP contribution in [0.15, 0.2) is 48.5 Å². The maximum atomic E-state index is 13.8. The van der Waals surface area contributed by atoms with E-state index >= 15 is 0 Å². The Morgan fingerprint density at radius 2 is 1.92 bits per heavy atom. The minimum absolute atomic E-state index is 0.0241. The van der Waals surface area contributed by atoms with Crippen LogP contribution in [0.1, 0.15) is 36.9 Å². The summed E-state index contributed by atoms with van der Waals surface area (Å²) in [6.07, 6.45) is 1.23. The van der Waals surface area contributed by atoms with Crippen molar-refractivity contribution in [3.05, 3.63) is 59.7 Å². The number of ether oxygens (including phenoxy) is 3. The van der Waals surface area contributed by atoms with Crippen LogP contribution in [-0.4, -0.2) is 69.5 Å². The molecule has 2 aromatic carbocycles. The summed E-state index contributed by atoms with van der Waals surface area (Å²) in [5.74, 6) is 0.287. The highest BCUT2D eigenvalue weighted by atomic mass is 32.2. The molecule has 0 N–H and O–H groups in total. The van der Waals surface area contributed by atoms with Crippen molar-refractivity contribution < 1.29 is 32.3 Å². The van der Waals surface area contributed by atoms with E-state index in [1.165, 1.54) is 4.31 Å². The molecule has 0 spiro atoms. The second-order valence-electron chi connectivity index (χ2n) is 9.00. The number of carbonyl (C=O) groups is 1. The van der Waals surface area contributed by atoms with Gasteiger partial charge >= 0.3 is 5.97 Å². The van der Waals surface area contributed by atoms with Crippen molar-refractivity contribution >= 4 is 16.0 Å². The van der Waals surface area contributed by atoms with Crippen molar-refractivity contribution in [2.75, 3.05) is 40.5 Å². The number of benzene rings is 2. The first-order valence-corrected chi connectivity index (χ1v) is 13.7. The molecule has 0 aliphatic carbocycles. The molecule has 36 heavy (non-hydrogen) atoms. The Morgan fingerprint density at radius 3 is 2.64 bits per heavy atom. The SMILES string of the molecule is CCOC(=O)[C@@H]1CCCN(S(=O)(=O)[C@@H]2CON(C)[C@@H]2c2ccc(OC)c(OCc3ccccc3)c2)C1. The van der Waals surface area contributed by atoms with E-state index in [1.807, 2.05) is 42.5 Å². The predicted molar refractivity (Wildman–Crippen MR) is 134 cm³/mol. The van der Waals surface area contributed by atoms with Crippen LogP contribution in [0.2, 0.25) is 0 Å². The van der Waals surface area contributed by atoms with E-state index in [0.29, 0.717) is 37.5 Å². The Hall–Kier alpha value is -2.66. The number of carbonyl (C=O) groups excluding carboxylic acids is 1. The Balaban J connectivity index is 1.57. The first-order chi connectivity index (χ1) is 17.3. The molecule has 0 bridgehead atoms. The fraction of sp³-hybridized carbons (Fsp3) is 0.500. The average Bonchev–Trinajstić information content (AvgIpc) is 3.30. The molecule has 0 amide bonds. The van der Waals surface area contributed by atoms with Crippen LogP contribution in [0.25, 0.3) is 0 Å². The molecule has 2 fully saturated rings. The van der Waals surface area contributed by atoms with Gasteiger partial charge in [-0.25, -0.2) is 12.7 Å². The van der Waals surface area contributed by atoms with Gasteiger partial charge in [-0.3, -0.25) is 9.63 Å². The molecule has 2 aromatic rings. The Morgan fingerprint density at radius 1 is 1.14 bits per heavy atom. The summed E-state index contributed by atoms with van der Waals surface area (Å²) >= 11 is 0. The molecular formula is C26H34N2O7S. The van der Waals surface area contributed by atoms with E-state index in [-0.39, 0.29) is 25.7 Å². The maximum absolute atomic E-state index is 13.8. The molecule has 0 aromatic heterocycles. The first kappa shape index (κ1) is 26.4. The van der Waals surface area contributed by atoms with Gasteiger partial charge in [0.05, 0.1) is 32.3 Å². The summed E-state index contributed by atoms with van der Waals surface area (Å²) in [6.45, 7) is 2.90. The van der Waals surface area contributed by atoms with Crippen molar-refractivity contribution in [3.8, 4) is 11.5 Å². The normalized spacial score (nSPS) is 23.4. The van der Waals surface area contributed by atoms with Gasteiger partial charge in [0, 0.05) is 20.1 Å². The van der Waals surface area contributed by atoms with Gasteiger partial charge in [-0.2, -0.15) is 5.06 Å². The molecular weight excluding hydrogens is 484 g/mol. The largest absolute Gasteiger partial charge is 0.493 e. The van der Waals surface area contributed by atoms with E-state index in [9.17, 15) is 13.2 Å². The van der Waals surface area contributed by atoms with Crippen molar-refractivity contribution in [2.45, 2.75) is 37.7 Å². The zero-order valence-electron chi connectivity index (χ0n) is 21.0. The third-order valence-corrected chi connectivity index (χ3v) is 8.91. The van der Waals surface area contributed by atoms with Gasteiger partial charge in [-0.05, 0) is 43.0 Å². The Labute approximate surface area is 212 Å². The summed E-state index contributed by atoms with van der Waals surface area (Å²) < 4.78 is 45.7. The van der Waals surface area contributed by atoms with Crippen LogP contribution < -0.4 is 9.47 Å². The van der Waals surface area contributed by atoms with Crippen LogP contribution in [0.5, 0.6) is 11.5 Å². The molecule has 0 saturated carbocycles. The number of sulfonamides is 1. The number of piperidine rings is 1. The minimum Gasteiger partial charge on any atom is -0.493 e. The van der Waals surface area contributed by atoms with Crippen LogP contribution >= 0.6 is 0 Å². The second kappa shape index (κ2) is 11.6. The molecule has 0 unspecified atom stereocenters. The average molecular weight is 519 g/mol. The molecule has 2 aliphatic rings. The molecule has 0 radical (unpaired) electrons. The lowest BCUT2D eigenvalue weighted by Gasteiger charge is -2.34. The third-order valence-electron chi connectivity index (χ3n) is 6.70. The van der Waals surface area contributed by atoms with Crippen LogP contribution in [0.4, 0.5) is 0 Å². The summed E-state index contributed by atoms with van der Waals surface area (Å²) in [5.41, 5.74) is 1.75. The quantitative estimate of drug-likeness (QED) is 0.468. The summed E-state index contributed by atoms with van der Waals surface area (Å²) in [5, 5.41) is 0.747. The minimum atomic E-state index is -3.77. The third kappa shape index (κ3) is 5.67. The molecule has 3 atom stereocenters. The zero-order chi connectivity index (χ0) is 25.7. The van der Waals surface area contributed by atoms with Crippen LogP contribution in [-0.2, 0) is 31.0 Å². The lowest BCUT2D eigenvalue weighted by Crippen LogP contribution is -2.48. The Bertz CT molecular complexity index is 1140. The fourth-order valence-corrected chi connectivity index (χ4v) is 6.85. The highest BCUT2D eigenvalue weighted by molar-refractivity contribution is 7.89. The summed E-state index contributed by atoms with van der Waals surface area (Å²) in [7, 11) is -0.473. The number of hydrogen-bond donors (Lipinski definition) is 0. The van der Waals surface area contributed by atoms with Crippen molar-refractivity contribution in [1.82, 2.24) is 9.37 Å². The smallest absolute Gasteiger partial charge is 0.310 e. The van der Waals surface area contributed by atoms with Crippen molar-refractivity contribution in [3.63, 3.8) is 0 Å². The Kier molecular flexibility index (Phi) is 8.50. The second-order valence-corrected chi connectivity index (χ2v) is 11.2. The van der Waals surface area contributed by atoms with Crippen molar-refractivity contribution in [1.29, 1.82) is 0 Å². The lowest BCUT2D eigenvalue weighted by molar-refractivity contribution is -0.149. The van der Waals surface area contributed by atoms with Gasteiger partial charge in [0.2, 0.25) is 10.0 Å². The fourth-order valence-electron chi connectivity index (χ4n) is 4.81. The highest BCUT2D eigenvalue weighted by Gasteiger charge is 2.47. The lowest BCUT2D eigenvalue weighted by atomic mass is 10.0. The molecule has 2 saturated heterocycles. The van der Waals surface area contributed by atoms with Gasteiger partial charge in [-0.15, -0.1) is 0 Å². The monoisotopic (exact) mass is 518 g/mol. The molecule has 2 heterocycles. The van der Waals surface area contributed by atoms with E-state index < -0.39 is 27.2 Å². The standard InChI is InChI=1S/C26H34N2O7S/c1-4-33-26(29)21-11-8-14-28(16-21)36(30,31)24-18-35-27(2)25(24)20-12-13-22(32-3)23(15-20)34-17-19-9-6-5-7-10-19/h5-7,9-10,12-13,15,21,24-25H,4,8,11,14,16-18H2,1-3H3/t21-,24-,25-/m1/s1. The topological polar surface area (TPSA) is 94.6 Å². The predicted octanol–water partition coefficient (Wildman–Crippen LogP) is 3.17. The van der Waals surface area contributed by atoms with Gasteiger partial charge in [0.15, 0.2) is 11.5 Å². The van der Waals surface area contributed by atoms with Gasteiger partial charge in [0.1, 0.15) is 11.9 Å². The molecule has 196 valence electrons. The number of hydrogen-bond acceptors (Lipinski definition) is 8. The molecule has 4 rings (SSSR count). The number of rotatable bonds is 9. The van der Waals surface area contributed by atoms with Crippen molar-refractivity contribution in [2.24, 2.45) is 5.92 Å². The first-order valence-electron chi connectivity index (χ1n) is 12.2. The number of methoxy groups -OCH3 is 1. The molecule has 10 heteroatoms. The number of esters is 1. The van der Waals surface area contributed by atoms with E-state index in [0.717, 1.165) is 11.1 Å². The van der Waals surface area contributed by atoms with E-state index in [2.05, 4.69) is 0 Å². The van der Waals surface area contributed by atoms with Crippen LogP contribution in [0, 0.1) is 5.92 Å². The van der Waals surface area contributed by atoms with Gasteiger partial charge in [-0.1, -0.05) is 36.4 Å². The maximum Gasteiger partial charge on any atom is 0.310 e. The van der Waals surface area contributed by atoms with E-state index in [4.69, 9.17) is 19.0 Å². The molecule has 9 nitrogen and oxygen atoms in total. The highest BCUT2D eigenvalue weighted by Crippen LogP contribution is 2.39. The summed E-state index contributed by atoms with van der Waals surface area (Å²) in [4.78, 5) is 18.0. The molecule has 2 aliphatic heterocycles. The number of nitrogens with zero attached hydrogens (tertiary/aromatic N) is 2. The van der Waals surface area contributed by atoms with Gasteiger partial charge < -0.3 is 14.2 Å². The zero-order valence-corrected chi connectivity index (χ0v) is 21.8. The van der Waals surface area contributed by atoms with E-state index in [1.54, 1.807) is 32.2 Å².